The number of nitrogens with zero attached hydrogens (tertiary/aromatic N) is 1. The summed E-state index contributed by atoms with van der Waals surface area (Å²) in [7, 11) is 0. The molecule has 1 heterocycles. The zero-order chi connectivity index (χ0) is 9.97. The van der Waals surface area contributed by atoms with Gasteiger partial charge in [-0.25, -0.2) is 4.39 Å². The highest BCUT2D eigenvalue weighted by Crippen LogP contribution is 2.18. The van der Waals surface area contributed by atoms with Crippen molar-refractivity contribution in [2.45, 2.75) is 6.42 Å². The molecule has 0 amide bonds. The largest absolute Gasteiger partial charge is 0.392 e. The van der Waals surface area contributed by atoms with Crippen molar-refractivity contribution in [3.8, 4) is 0 Å². The minimum Gasteiger partial charge on any atom is -0.392 e. The molecule has 1 aliphatic heterocycles. The number of benzene rings is 1. The van der Waals surface area contributed by atoms with Gasteiger partial charge in [0.2, 0.25) is 0 Å². The Morgan fingerprint density at radius 1 is 1.36 bits per heavy atom. The summed E-state index contributed by atoms with van der Waals surface area (Å²) in [5.74, 6) is -0.265. The van der Waals surface area contributed by atoms with Gasteiger partial charge >= 0.3 is 0 Å². The lowest BCUT2D eigenvalue weighted by Gasteiger charge is -2.02. The van der Waals surface area contributed by atoms with Gasteiger partial charge < -0.3 is 5.11 Å². The van der Waals surface area contributed by atoms with E-state index < -0.39 is 0 Å². The van der Waals surface area contributed by atoms with Gasteiger partial charge in [0.05, 0.1) is 12.3 Å². The first kappa shape index (κ1) is 9.09. The highest BCUT2D eigenvalue weighted by molar-refractivity contribution is 6.03. The molecule has 0 aromatic heterocycles. The van der Waals surface area contributed by atoms with Crippen LogP contribution in [-0.4, -0.2) is 17.4 Å². The van der Waals surface area contributed by atoms with Crippen LogP contribution in [0.4, 0.5) is 4.39 Å². The molecule has 72 valence electrons. The van der Waals surface area contributed by atoms with Crippen LogP contribution in [0.3, 0.4) is 0 Å². The summed E-state index contributed by atoms with van der Waals surface area (Å²) in [4.78, 5) is 4.07. The summed E-state index contributed by atoms with van der Waals surface area (Å²) in [5, 5.41) is 8.86. The molecule has 0 saturated heterocycles. The normalized spacial score (nSPS) is 15.3. The first-order valence-corrected chi connectivity index (χ1v) is 4.41. The molecule has 0 fully saturated rings. The summed E-state index contributed by atoms with van der Waals surface area (Å²) in [6, 6.07) is 6.53. The fraction of sp³-hybridized carbons (Fsp3) is 0.182. The molecule has 0 atom stereocenters. The molecule has 1 aliphatic rings. The molecular weight excluding hydrogens is 181 g/mol. The lowest BCUT2D eigenvalue weighted by molar-refractivity contribution is 0.330. The Bertz CT molecular complexity index is 410. The molecule has 0 unspecified atom stereocenters. The summed E-state index contributed by atoms with van der Waals surface area (Å²) >= 11 is 0. The Morgan fingerprint density at radius 3 is 2.79 bits per heavy atom. The summed E-state index contributed by atoms with van der Waals surface area (Å²) in [6.45, 7) is -0.0124. The van der Waals surface area contributed by atoms with Gasteiger partial charge in [-0.3, -0.25) is 4.99 Å². The van der Waals surface area contributed by atoms with Gasteiger partial charge in [-0.2, -0.15) is 0 Å². The van der Waals surface area contributed by atoms with E-state index in [1.165, 1.54) is 6.07 Å². The Morgan fingerprint density at radius 2 is 2.14 bits per heavy atom. The van der Waals surface area contributed by atoms with E-state index in [4.69, 9.17) is 5.11 Å². The van der Waals surface area contributed by atoms with E-state index in [1.807, 2.05) is 0 Å². The third-order valence-electron chi connectivity index (χ3n) is 2.19. The second-order valence-corrected chi connectivity index (χ2v) is 3.18. The van der Waals surface area contributed by atoms with E-state index in [1.54, 1.807) is 24.4 Å². The van der Waals surface area contributed by atoms with E-state index in [2.05, 4.69) is 4.99 Å². The van der Waals surface area contributed by atoms with Crippen molar-refractivity contribution in [3.63, 3.8) is 0 Å². The second kappa shape index (κ2) is 3.72. The third-order valence-corrected chi connectivity index (χ3v) is 2.19. The summed E-state index contributed by atoms with van der Waals surface area (Å²) in [6.07, 6.45) is 2.14. The Kier molecular flexibility index (Phi) is 2.41. The molecular formula is C11H10FNO. The quantitative estimate of drug-likeness (QED) is 0.760. The number of aliphatic hydroxyl groups is 1. The highest BCUT2D eigenvalue weighted by atomic mass is 19.1. The molecule has 2 nitrogen and oxygen atoms in total. The van der Waals surface area contributed by atoms with Crippen LogP contribution in [0, 0.1) is 5.82 Å². The van der Waals surface area contributed by atoms with Gasteiger partial charge in [0.1, 0.15) is 5.82 Å². The number of aliphatic hydroxyl groups excluding tert-OH is 1. The third kappa shape index (κ3) is 1.59. The molecule has 2 rings (SSSR count). The maximum Gasteiger partial charge on any atom is 0.132 e. The van der Waals surface area contributed by atoms with Gasteiger partial charge in [-0.15, -0.1) is 0 Å². The van der Waals surface area contributed by atoms with Crippen molar-refractivity contribution in [2.24, 2.45) is 4.99 Å². The molecule has 0 radical (unpaired) electrons. The number of hydrogen-bond acceptors (Lipinski definition) is 2. The average Bonchev–Trinajstić information content (AvgIpc) is 2.67. The van der Waals surface area contributed by atoms with Crippen LogP contribution in [-0.2, 0) is 0 Å². The topological polar surface area (TPSA) is 32.6 Å². The van der Waals surface area contributed by atoms with Crippen molar-refractivity contribution in [2.75, 3.05) is 6.61 Å². The van der Waals surface area contributed by atoms with Crippen molar-refractivity contribution >= 4 is 5.71 Å². The predicted octanol–water partition coefficient (Wildman–Crippen LogP) is 1.89. The van der Waals surface area contributed by atoms with Crippen molar-refractivity contribution in [1.82, 2.24) is 0 Å². The fourth-order valence-corrected chi connectivity index (χ4v) is 1.43. The molecule has 0 aliphatic carbocycles. The zero-order valence-corrected chi connectivity index (χ0v) is 7.57. The molecule has 1 N–H and O–H groups in total. The first-order valence-electron chi connectivity index (χ1n) is 4.41. The molecule has 1 aromatic carbocycles. The standard InChI is InChI=1S/C11H10FNO/c12-10-4-2-1-3-9(10)11-5-8(7-14)6-13-11/h1-4,6,14H,5,7H2. The Hall–Kier alpha value is -1.48. The number of rotatable bonds is 2. The van der Waals surface area contributed by atoms with Crippen LogP contribution >= 0.6 is 0 Å². The van der Waals surface area contributed by atoms with E-state index in [0.29, 0.717) is 17.7 Å². The van der Waals surface area contributed by atoms with Crippen molar-refractivity contribution < 1.29 is 9.50 Å². The molecule has 0 bridgehead atoms. The summed E-state index contributed by atoms with van der Waals surface area (Å²) in [5.41, 5.74) is 2.03. The lowest BCUT2D eigenvalue weighted by atomic mass is 10.0. The number of halogens is 1. The van der Waals surface area contributed by atoms with E-state index in [-0.39, 0.29) is 12.4 Å². The average molecular weight is 191 g/mol. The molecule has 0 spiro atoms. The van der Waals surface area contributed by atoms with E-state index in [9.17, 15) is 4.39 Å². The van der Waals surface area contributed by atoms with Gasteiger partial charge in [0.15, 0.2) is 0 Å². The minimum atomic E-state index is -0.265. The lowest BCUT2D eigenvalue weighted by Crippen LogP contribution is -2.02. The van der Waals surface area contributed by atoms with Crippen LogP contribution in [0.5, 0.6) is 0 Å². The number of hydrogen-bond donors (Lipinski definition) is 1. The maximum atomic E-state index is 13.3. The van der Waals surface area contributed by atoms with E-state index in [0.717, 1.165) is 5.57 Å². The molecule has 0 saturated carbocycles. The SMILES string of the molecule is OCC1=CN=C(c2ccccc2F)C1. The van der Waals surface area contributed by atoms with Crippen LogP contribution in [0.2, 0.25) is 0 Å². The maximum absolute atomic E-state index is 13.3. The van der Waals surface area contributed by atoms with Gasteiger partial charge in [0, 0.05) is 18.2 Å². The van der Waals surface area contributed by atoms with Crippen LogP contribution in [0.25, 0.3) is 0 Å². The Balaban J connectivity index is 2.24. The monoisotopic (exact) mass is 191 g/mol. The minimum absolute atomic E-state index is 0.0124. The smallest absolute Gasteiger partial charge is 0.132 e. The first-order chi connectivity index (χ1) is 6.81. The van der Waals surface area contributed by atoms with Gasteiger partial charge in [-0.1, -0.05) is 18.2 Å². The second-order valence-electron chi connectivity index (χ2n) is 3.18. The number of aliphatic imine (C=N–C) groups is 1. The van der Waals surface area contributed by atoms with Crippen molar-refractivity contribution in [1.29, 1.82) is 0 Å². The van der Waals surface area contributed by atoms with E-state index >= 15 is 0 Å². The van der Waals surface area contributed by atoms with Crippen molar-refractivity contribution in [3.05, 3.63) is 47.4 Å². The van der Waals surface area contributed by atoms with Gasteiger partial charge in [-0.05, 0) is 11.6 Å². The fourth-order valence-electron chi connectivity index (χ4n) is 1.43. The van der Waals surface area contributed by atoms with Crippen LogP contribution < -0.4 is 0 Å². The zero-order valence-electron chi connectivity index (χ0n) is 7.57. The molecule has 14 heavy (non-hydrogen) atoms. The van der Waals surface area contributed by atoms with Crippen LogP contribution in [0.15, 0.2) is 41.0 Å². The summed E-state index contributed by atoms with van der Waals surface area (Å²) < 4.78 is 13.3. The predicted molar refractivity (Wildman–Crippen MR) is 52.7 cm³/mol. The van der Waals surface area contributed by atoms with Crippen LogP contribution in [0.1, 0.15) is 12.0 Å². The molecule has 1 aromatic rings. The highest BCUT2D eigenvalue weighted by Gasteiger charge is 2.14. The Labute approximate surface area is 81.4 Å². The van der Waals surface area contributed by atoms with Gasteiger partial charge in [0.25, 0.3) is 0 Å². The molecule has 3 heteroatoms.